The maximum absolute atomic E-state index is 12.0. The van der Waals surface area contributed by atoms with Gasteiger partial charge >= 0.3 is 11.9 Å². The van der Waals surface area contributed by atoms with Gasteiger partial charge in [0.2, 0.25) is 0 Å². The molecule has 4 unspecified atom stereocenters. The highest BCUT2D eigenvalue weighted by molar-refractivity contribution is 5.85. The van der Waals surface area contributed by atoms with E-state index in [4.69, 9.17) is 14.2 Å². The second-order valence-corrected chi connectivity index (χ2v) is 13.0. The van der Waals surface area contributed by atoms with Crippen LogP contribution in [-0.2, 0) is 23.8 Å². The van der Waals surface area contributed by atoms with Gasteiger partial charge in [0.25, 0.3) is 0 Å². The van der Waals surface area contributed by atoms with Crippen molar-refractivity contribution in [3.63, 3.8) is 0 Å². The van der Waals surface area contributed by atoms with Gasteiger partial charge in [-0.25, -0.2) is 0 Å². The van der Waals surface area contributed by atoms with Crippen molar-refractivity contribution in [1.82, 2.24) is 0 Å². The van der Waals surface area contributed by atoms with Gasteiger partial charge in [-0.2, -0.15) is 0 Å². The molecule has 41 heavy (non-hydrogen) atoms. The van der Waals surface area contributed by atoms with Gasteiger partial charge in [-0.05, 0) is 38.5 Å². The Kier molecular flexibility index (Phi) is 21.7. The molecule has 0 bridgehead atoms. The topological polar surface area (TPSA) is 68.4 Å². The number of carbonyl (C=O) groups excluding carboxylic acids is 2. The Labute approximate surface area is 253 Å². The van der Waals surface area contributed by atoms with Crippen molar-refractivity contribution in [3.05, 3.63) is 0 Å². The lowest BCUT2D eigenvalue weighted by Gasteiger charge is -2.04. The van der Waals surface area contributed by atoms with E-state index < -0.39 is 0 Å². The van der Waals surface area contributed by atoms with Crippen molar-refractivity contribution in [2.24, 2.45) is 0 Å². The van der Waals surface area contributed by atoms with E-state index in [2.05, 4.69) is 13.8 Å². The lowest BCUT2D eigenvalue weighted by atomic mass is 10.0. The molecule has 5 heteroatoms. The van der Waals surface area contributed by atoms with Crippen LogP contribution in [-0.4, -0.2) is 36.4 Å². The van der Waals surface area contributed by atoms with Crippen LogP contribution in [0.5, 0.6) is 0 Å². The Morgan fingerprint density at radius 1 is 0.415 bits per heavy atom. The number of epoxide rings is 2. The summed E-state index contributed by atoms with van der Waals surface area (Å²) in [5.41, 5.74) is 0. The molecule has 240 valence electrons. The van der Waals surface area contributed by atoms with Gasteiger partial charge in [0.15, 0.2) is 0 Å². The third-order valence-electron chi connectivity index (χ3n) is 9.03. The predicted octanol–water partition coefficient (Wildman–Crippen LogP) is 10.6. The molecular weight excluding hydrogens is 512 g/mol. The molecule has 2 rings (SSSR count). The molecule has 2 saturated heterocycles. The highest BCUT2D eigenvalue weighted by atomic mass is 16.6. The van der Waals surface area contributed by atoms with Gasteiger partial charge in [0, 0.05) is 12.8 Å². The smallest absolute Gasteiger partial charge is 0.313 e. The first-order valence-corrected chi connectivity index (χ1v) is 18.2. The van der Waals surface area contributed by atoms with E-state index in [1.54, 1.807) is 0 Å². The van der Waals surface area contributed by atoms with Gasteiger partial charge in [-0.1, -0.05) is 142 Å². The molecule has 4 atom stereocenters. The van der Waals surface area contributed by atoms with E-state index >= 15 is 0 Å². The Balaban J connectivity index is 1.26. The molecule has 2 aliphatic heterocycles. The minimum atomic E-state index is -0.348. The maximum Gasteiger partial charge on any atom is 0.313 e. The summed E-state index contributed by atoms with van der Waals surface area (Å²) in [6, 6.07) is 0. The summed E-state index contributed by atoms with van der Waals surface area (Å²) in [5.74, 6) is -0.697. The van der Waals surface area contributed by atoms with Crippen molar-refractivity contribution in [2.45, 2.75) is 218 Å². The summed E-state index contributed by atoms with van der Waals surface area (Å²) in [4.78, 5) is 23.9. The Morgan fingerprint density at radius 2 is 0.683 bits per heavy atom. The van der Waals surface area contributed by atoms with Crippen LogP contribution in [0.2, 0.25) is 0 Å². The van der Waals surface area contributed by atoms with Crippen LogP contribution in [0.4, 0.5) is 0 Å². The van der Waals surface area contributed by atoms with E-state index in [1.165, 1.54) is 128 Å². The molecule has 0 aromatic heterocycles. The lowest BCUT2D eigenvalue weighted by Crippen LogP contribution is -2.11. The molecule has 0 aromatic carbocycles. The number of unbranched alkanes of at least 4 members (excludes halogenated alkanes) is 18. The zero-order valence-electron chi connectivity index (χ0n) is 27.1. The average molecular weight is 579 g/mol. The Hall–Kier alpha value is -0.940. The van der Waals surface area contributed by atoms with E-state index in [0.29, 0.717) is 37.3 Å². The Bertz CT molecular complexity index is 596. The van der Waals surface area contributed by atoms with Gasteiger partial charge in [-0.15, -0.1) is 0 Å². The number of hydrogen-bond donors (Lipinski definition) is 0. The van der Waals surface area contributed by atoms with Crippen LogP contribution in [0.3, 0.4) is 0 Å². The molecule has 0 saturated carbocycles. The summed E-state index contributed by atoms with van der Waals surface area (Å²) < 4.78 is 16.7. The average Bonchev–Trinajstić information content (AvgIpc) is 3.88. The van der Waals surface area contributed by atoms with Crippen molar-refractivity contribution >= 4 is 11.9 Å². The first-order valence-electron chi connectivity index (χ1n) is 18.2. The SMILES string of the molecule is CCCCCCCCC1OC1CCCCCCCC(=O)OC(=O)CCCCCCCC1OC1CCCCCCCC. The van der Waals surface area contributed by atoms with Crippen molar-refractivity contribution in [3.8, 4) is 0 Å². The molecule has 2 heterocycles. The van der Waals surface area contributed by atoms with Crippen molar-refractivity contribution < 1.29 is 23.8 Å². The number of hydrogen-bond acceptors (Lipinski definition) is 5. The molecule has 5 nitrogen and oxygen atoms in total. The van der Waals surface area contributed by atoms with Gasteiger partial charge in [-0.3, -0.25) is 9.59 Å². The van der Waals surface area contributed by atoms with Gasteiger partial charge in [0.05, 0.1) is 24.4 Å². The molecule has 0 aliphatic carbocycles. The maximum atomic E-state index is 12.0. The standard InChI is InChI=1S/C36H66O5/c1-3-5-7-9-13-19-25-31-33(39-31)27-21-15-11-17-23-29-35(37)41-36(38)30-24-18-12-16-22-28-34-32(40-34)26-20-14-10-8-6-4-2/h31-34H,3-30H2,1-2H3. The number of ether oxygens (including phenoxy) is 3. The highest BCUT2D eigenvalue weighted by Gasteiger charge is 2.37. The third-order valence-corrected chi connectivity index (χ3v) is 9.03. The first-order chi connectivity index (χ1) is 20.1. The van der Waals surface area contributed by atoms with Crippen LogP contribution in [0, 0.1) is 0 Å². The monoisotopic (exact) mass is 578 g/mol. The summed E-state index contributed by atoms with van der Waals surface area (Å²) in [6.07, 6.45) is 34.7. The molecule has 0 amide bonds. The Morgan fingerprint density at radius 3 is 1.00 bits per heavy atom. The number of carbonyl (C=O) groups is 2. The minimum absolute atomic E-state index is 0.348. The molecule has 2 fully saturated rings. The fourth-order valence-corrected chi connectivity index (χ4v) is 6.15. The van der Waals surface area contributed by atoms with Crippen LogP contribution in [0.15, 0.2) is 0 Å². The predicted molar refractivity (Wildman–Crippen MR) is 169 cm³/mol. The normalized spacial score (nSPS) is 21.2. The molecule has 0 N–H and O–H groups in total. The summed E-state index contributed by atoms with van der Waals surface area (Å²) in [5, 5.41) is 0. The van der Waals surface area contributed by atoms with Gasteiger partial charge in [0.1, 0.15) is 0 Å². The second kappa shape index (κ2) is 24.5. The van der Waals surface area contributed by atoms with Crippen LogP contribution >= 0.6 is 0 Å². The van der Waals surface area contributed by atoms with Crippen LogP contribution < -0.4 is 0 Å². The molecule has 2 aliphatic rings. The van der Waals surface area contributed by atoms with E-state index in [9.17, 15) is 9.59 Å². The van der Waals surface area contributed by atoms with E-state index in [-0.39, 0.29) is 11.9 Å². The summed E-state index contributed by atoms with van der Waals surface area (Å²) in [6.45, 7) is 4.53. The third kappa shape index (κ3) is 20.6. The zero-order chi connectivity index (χ0) is 29.4. The zero-order valence-corrected chi connectivity index (χ0v) is 27.1. The van der Waals surface area contributed by atoms with Gasteiger partial charge < -0.3 is 14.2 Å². The summed E-state index contributed by atoms with van der Waals surface area (Å²) >= 11 is 0. The molecule has 0 spiro atoms. The number of esters is 2. The minimum Gasteiger partial charge on any atom is -0.393 e. The largest absolute Gasteiger partial charge is 0.393 e. The fourth-order valence-electron chi connectivity index (χ4n) is 6.15. The number of rotatable bonds is 30. The molecule has 0 radical (unpaired) electrons. The first kappa shape index (κ1) is 36.3. The van der Waals surface area contributed by atoms with E-state index in [0.717, 1.165) is 38.5 Å². The highest BCUT2D eigenvalue weighted by Crippen LogP contribution is 2.33. The van der Waals surface area contributed by atoms with Crippen LogP contribution in [0.1, 0.15) is 194 Å². The second-order valence-electron chi connectivity index (χ2n) is 13.0. The van der Waals surface area contributed by atoms with Crippen LogP contribution in [0.25, 0.3) is 0 Å². The lowest BCUT2D eigenvalue weighted by molar-refractivity contribution is -0.159. The fraction of sp³-hybridized carbons (Fsp3) is 0.944. The summed E-state index contributed by atoms with van der Waals surface area (Å²) in [7, 11) is 0. The molecular formula is C36H66O5. The van der Waals surface area contributed by atoms with Crippen molar-refractivity contribution in [1.29, 1.82) is 0 Å². The molecule has 0 aromatic rings. The van der Waals surface area contributed by atoms with E-state index in [1.807, 2.05) is 0 Å². The quantitative estimate of drug-likeness (QED) is 0.0367. The van der Waals surface area contributed by atoms with Crippen molar-refractivity contribution in [2.75, 3.05) is 0 Å².